The minimum atomic E-state index is 0.0174. The third kappa shape index (κ3) is 4.05. The standard InChI is InChI=1S/C20H24N2O3/c1-3-14-6-5-7-15(4-2)20(14)22-19(23)10-11-21-16-8-9-17-18(12-16)25-13-24-17/h5-9,12,21H,3-4,10-11,13H2,1-2H3,(H,22,23). The number of nitrogens with one attached hydrogen (secondary N) is 2. The minimum absolute atomic E-state index is 0.0174. The van der Waals surface area contributed by atoms with Gasteiger partial charge in [0.25, 0.3) is 0 Å². The second-order valence-electron chi connectivity index (χ2n) is 5.95. The Morgan fingerprint density at radius 2 is 1.76 bits per heavy atom. The van der Waals surface area contributed by atoms with Gasteiger partial charge < -0.3 is 20.1 Å². The summed E-state index contributed by atoms with van der Waals surface area (Å²) in [5, 5.41) is 6.34. The monoisotopic (exact) mass is 340 g/mol. The molecule has 1 aliphatic rings. The lowest BCUT2D eigenvalue weighted by Gasteiger charge is -2.14. The molecule has 0 saturated carbocycles. The Bertz CT molecular complexity index is 736. The highest BCUT2D eigenvalue weighted by Crippen LogP contribution is 2.34. The van der Waals surface area contributed by atoms with E-state index in [2.05, 4.69) is 42.7 Å². The first-order valence-electron chi connectivity index (χ1n) is 8.75. The van der Waals surface area contributed by atoms with E-state index in [9.17, 15) is 4.79 Å². The molecular weight excluding hydrogens is 316 g/mol. The average Bonchev–Trinajstić information content (AvgIpc) is 3.09. The quantitative estimate of drug-likeness (QED) is 0.800. The number of carbonyl (C=O) groups is 1. The van der Waals surface area contributed by atoms with Crippen LogP contribution in [0.1, 0.15) is 31.4 Å². The first kappa shape index (κ1) is 17.1. The summed E-state index contributed by atoms with van der Waals surface area (Å²) < 4.78 is 10.6. The Labute approximate surface area is 148 Å². The highest BCUT2D eigenvalue weighted by Gasteiger charge is 2.13. The van der Waals surface area contributed by atoms with Gasteiger partial charge in [-0.3, -0.25) is 4.79 Å². The summed E-state index contributed by atoms with van der Waals surface area (Å²) in [4.78, 5) is 12.3. The Morgan fingerprint density at radius 1 is 1.04 bits per heavy atom. The van der Waals surface area contributed by atoms with Crippen LogP contribution in [0.4, 0.5) is 11.4 Å². The first-order valence-corrected chi connectivity index (χ1v) is 8.75. The van der Waals surface area contributed by atoms with Crippen molar-refractivity contribution in [1.82, 2.24) is 0 Å². The van der Waals surface area contributed by atoms with Gasteiger partial charge in [-0.25, -0.2) is 0 Å². The maximum absolute atomic E-state index is 12.3. The Kier molecular flexibility index (Phi) is 5.43. The second kappa shape index (κ2) is 7.92. The van der Waals surface area contributed by atoms with Crippen molar-refractivity contribution in [2.24, 2.45) is 0 Å². The molecule has 5 nitrogen and oxygen atoms in total. The van der Waals surface area contributed by atoms with E-state index in [4.69, 9.17) is 9.47 Å². The topological polar surface area (TPSA) is 59.6 Å². The van der Waals surface area contributed by atoms with Crippen LogP contribution in [0.25, 0.3) is 0 Å². The Morgan fingerprint density at radius 3 is 2.48 bits per heavy atom. The van der Waals surface area contributed by atoms with E-state index in [0.29, 0.717) is 13.0 Å². The zero-order valence-corrected chi connectivity index (χ0v) is 14.7. The summed E-state index contributed by atoms with van der Waals surface area (Å²) in [5.74, 6) is 1.51. The Hall–Kier alpha value is -2.69. The minimum Gasteiger partial charge on any atom is -0.454 e. The fourth-order valence-electron chi connectivity index (χ4n) is 2.93. The summed E-state index contributed by atoms with van der Waals surface area (Å²) in [5.41, 5.74) is 4.24. The van der Waals surface area contributed by atoms with E-state index in [0.717, 1.165) is 35.7 Å². The van der Waals surface area contributed by atoms with Crippen molar-refractivity contribution in [3.05, 3.63) is 47.5 Å². The number of fused-ring (bicyclic) bond motifs is 1. The van der Waals surface area contributed by atoms with Crippen LogP contribution in [-0.2, 0) is 17.6 Å². The number of benzene rings is 2. The molecule has 0 bridgehead atoms. The Balaban J connectivity index is 1.55. The van der Waals surface area contributed by atoms with Gasteiger partial charge >= 0.3 is 0 Å². The number of hydrogen-bond donors (Lipinski definition) is 2. The van der Waals surface area contributed by atoms with E-state index in [1.54, 1.807) is 0 Å². The van der Waals surface area contributed by atoms with Crippen LogP contribution >= 0.6 is 0 Å². The molecule has 1 heterocycles. The van der Waals surface area contributed by atoms with Gasteiger partial charge in [0.05, 0.1) is 0 Å². The van der Waals surface area contributed by atoms with Crippen molar-refractivity contribution >= 4 is 17.3 Å². The molecule has 0 atom stereocenters. The van der Waals surface area contributed by atoms with Gasteiger partial charge in [0.15, 0.2) is 11.5 Å². The van der Waals surface area contributed by atoms with Crippen LogP contribution < -0.4 is 20.1 Å². The molecule has 2 aromatic rings. The van der Waals surface area contributed by atoms with Gasteiger partial charge in [-0.05, 0) is 36.1 Å². The van der Waals surface area contributed by atoms with Gasteiger partial charge in [-0.1, -0.05) is 32.0 Å². The summed E-state index contributed by atoms with van der Waals surface area (Å²) in [7, 11) is 0. The molecule has 25 heavy (non-hydrogen) atoms. The molecular formula is C20H24N2O3. The van der Waals surface area contributed by atoms with Gasteiger partial charge in [0, 0.05) is 30.4 Å². The molecule has 1 aliphatic heterocycles. The predicted octanol–water partition coefficient (Wildman–Crippen LogP) is 3.98. The average molecular weight is 340 g/mol. The summed E-state index contributed by atoms with van der Waals surface area (Å²) in [6.07, 6.45) is 2.20. The highest BCUT2D eigenvalue weighted by atomic mass is 16.7. The number of anilines is 2. The lowest BCUT2D eigenvalue weighted by Crippen LogP contribution is -2.18. The molecule has 0 spiro atoms. The van der Waals surface area contributed by atoms with E-state index < -0.39 is 0 Å². The molecule has 0 unspecified atom stereocenters. The number of carbonyl (C=O) groups excluding carboxylic acids is 1. The molecule has 0 fully saturated rings. The van der Waals surface area contributed by atoms with Crippen molar-refractivity contribution in [2.45, 2.75) is 33.1 Å². The van der Waals surface area contributed by atoms with E-state index >= 15 is 0 Å². The summed E-state index contributed by atoms with van der Waals surface area (Å²) >= 11 is 0. The number of aryl methyl sites for hydroxylation is 2. The highest BCUT2D eigenvalue weighted by molar-refractivity contribution is 5.92. The van der Waals surface area contributed by atoms with Crippen molar-refractivity contribution in [2.75, 3.05) is 24.0 Å². The SMILES string of the molecule is CCc1cccc(CC)c1NC(=O)CCNc1ccc2c(c1)OCO2. The fraction of sp³-hybridized carbons (Fsp3) is 0.350. The van der Waals surface area contributed by atoms with Crippen molar-refractivity contribution in [3.63, 3.8) is 0 Å². The van der Waals surface area contributed by atoms with Crippen LogP contribution in [0.3, 0.4) is 0 Å². The van der Waals surface area contributed by atoms with Crippen LogP contribution in [0.5, 0.6) is 11.5 Å². The zero-order valence-electron chi connectivity index (χ0n) is 14.7. The smallest absolute Gasteiger partial charge is 0.231 e. The number of rotatable bonds is 7. The molecule has 0 aromatic heterocycles. The number of ether oxygens (including phenoxy) is 2. The molecule has 3 rings (SSSR count). The van der Waals surface area contributed by atoms with Gasteiger partial charge in [-0.2, -0.15) is 0 Å². The molecule has 1 amide bonds. The van der Waals surface area contributed by atoms with Gasteiger partial charge in [0.2, 0.25) is 12.7 Å². The molecule has 132 valence electrons. The van der Waals surface area contributed by atoms with Crippen molar-refractivity contribution in [3.8, 4) is 11.5 Å². The molecule has 0 aliphatic carbocycles. The van der Waals surface area contributed by atoms with Crippen LogP contribution in [0.2, 0.25) is 0 Å². The molecule has 2 aromatic carbocycles. The molecule has 0 saturated heterocycles. The van der Waals surface area contributed by atoms with E-state index in [1.165, 1.54) is 11.1 Å². The first-order chi connectivity index (χ1) is 12.2. The summed E-state index contributed by atoms with van der Waals surface area (Å²) in [6.45, 7) is 5.02. The zero-order chi connectivity index (χ0) is 17.6. The normalized spacial score (nSPS) is 12.1. The summed E-state index contributed by atoms with van der Waals surface area (Å²) in [6, 6.07) is 11.9. The van der Waals surface area contributed by atoms with Gasteiger partial charge in [-0.15, -0.1) is 0 Å². The molecule has 2 N–H and O–H groups in total. The number of hydrogen-bond acceptors (Lipinski definition) is 4. The lowest BCUT2D eigenvalue weighted by molar-refractivity contribution is -0.115. The fourth-order valence-corrected chi connectivity index (χ4v) is 2.93. The largest absolute Gasteiger partial charge is 0.454 e. The van der Waals surface area contributed by atoms with E-state index in [1.807, 2.05) is 18.2 Å². The number of para-hydroxylation sites is 1. The molecule has 0 radical (unpaired) electrons. The van der Waals surface area contributed by atoms with Crippen LogP contribution in [0, 0.1) is 0 Å². The van der Waals surface area contributed by atoms with Crippen molar-refractivity contribution < 1.29 is 14.3 Å². The van der Waals surface area contributed by atoms with Crippen LogP contribution in [-0.4, -0.2) is 19.2 Å². The maximum atomic E-state index is 12.3. The van der Waals surface area contributed by atoms with Crippen LogP contribution in [0.15, 0.2) is 36.4 Å². The number of amides is 1. The second-order valence-corrected chi connectivity index (χ2v) is 5.95. The molecule has 5 heteroatoms. The van der Waals surface area contributed by atoms with Gasteiger partial charge in [0.1, 0.15) is 0 Å². The third-order valence-corrected chi connectivity index (χ3v) is 4.32. The van der Waals surface area contributed by atoms with Crippen molar-refractivity contribution in [1.29, 1.82) is 0 Å². The third-order valence-electron chi connectivity index (χ3n) is 4.32. The lowest BCUT2D eigenvalue weighted by atomic mass is 10.0. The van der Waals surface area contributed by atoms with E-state index in [-0.39, 0.29) is 12.7 Å². The predicted molar refractivity (Wildman–Crippen MR) is 99.5 cm³/mol. The maximum Gasteiger partial charge on any atom is 0.231 e.